The number of aromatic amines is 1. The number of rotatable bonds is 3. The minimum absolute atomic E-state index is 0.0548. The van der Waals surface area contributed by atoms with Crippen molar-refractivity contribution in [2.24, 2.45) is 0 Å². The van der Waals surface area contributed by atoms with Crippen molar-refractivity contribution in [3.63, 3.8) is 0 Å². The van der Waals surface area contributed by atoms with E-state index >= 15 is 0 Å². The van der Waals surface area contributed by atoms with E-state index in [1.807, 2.05) is 25.3 Å². The van der Waals surface area contributed by atoms with E-state index in [9.17, 15) is 4.79 Å². The van der Waals surface area contributed by atoms with Crippen LogP contribution in [0.4, 0.5) is 0 Å². The molecule has 0 unspecified atom stereocenters. The van der Waals surface area contributed by atoms with Gasteiger partial charge in [0.2, 0.25) is 0 Å². The van der Waals surface area contributed by atoms with Gasteiger partial charge in [-0.25, -0.2) is 0 Å². The third-order valence-corrected chi connectivity index (χ3v) is 3.80. The summed E-state index contributed by atoms with van der Waals surface area (Å²) in [5, 5.41) is 1.88. The summed E-state index contributed by atoms with van der Waals surface area (Å²) in [4.78, 5) is 15.4. The topological polar surface area (TPSA) is 47.0 Å². The Kier molecular flexibility index (Phi) is 3.20. The molecule has 1 N–H and O–H groups in total. The van der Waals surface area contributed by atoms with E-state index in [2.05, 4.69) is 4.98 Å². The lowest BCUT2D eigenvalue weighted by molar-refractivity contribution is 0.106. The van der Waals surface area contributed by atoms with Crippen molar-refractivity contribution in [3.8, 4) is 0 Å². The molecule has 6 heteroatoms. The zero-order chi connectivity index (χ0) is 12.6. The Hall–Kier alpha value is -0.980. The number of aromatic nitrogens is 2. The zero-order valence-electron chi connectivity index (χ0n) is 9.94. The minimum Gasteiger partial charge on any atom is -0.382 e. The molecule has 0 spiro atoms. The Morgan fingerprint density at radius 1 is 1.59 bits per heavy atom. The normalized spacial score (nSPS) is 12.2. The lowest BCUT2D eigenvalue weighted by atomic mass is 10.1. The van der Waals surface area contributed by atoms with Gasteiger partial charge in [0.05, 0.1) is 17.7 Å². The highest BCUT2D eigenvalue weighted by Gasteiger charge is 2.24. The van der Waals surface area contributed by atoms with Gasteiger partial charge in [-0.05, 0) is 37.5 Å². The summed E-state index contributed by atoms with van der Waals surface area (Å²) in [7, 11) is 1.61. The molecule has 0 aromatic carbocycles. The van der Waals surface area contributed by atoms with Crippen LogP contribution in [0.2, 0.25) is 0 Å². The molecule has 92 valence electrons. The van der Waals surface area contributed by atoms with Crippen molar-refractivity contribution in [3.05, 3.63) is 26.6 Å². The molecule has 2 aromatic heterocycles. The maximum Gasteiger partial charge on any atom is 0.272 e. The second-order valence-corrected chi connectivity index (χ2v) is 5.78. The maximum absolute atomic E-state index is 12.4. The van der Waals surface area contributed by atoms with Gasteiger partial charge in [-0.1, -0.05) is 0 Å². The van der Waals surface area contributed by atoms with Crippen molar-refractivity contribution < 1.29 is 4.74 Å². The highest BCUT2D eigenvalue weighted by Crippen LogP contribution is 2.18. The smallest absolute Gasteiger partial charge is 0.272 e. The molecule has 2 rings (SSSR count). The van der Waals surface area contributed by atoms with E-state index in [0.29, 0.717) is 16.1 Å². The number of ether oxygens (including phenoxy) is 1. The van der Waals surface area contributed by atoms with Crippen LogP contribution < -0.4 is 5.56 Å². The van der Waals surface area contributed by atoms with Gasteiger partial charge in [0.1, 0.15) is 4.70 Å². The van der Waals surface area contributed by atoms with Crippen molar-refractivity contribution in [2.45, 2.75) is 19.4 Å². The van der Waals surface area contributed by atoms with Gasteiger partial charge in [-0.3, -0.25) is 9.36 Å². The number of nitrogens with one attached hydrogen (secondary N) is 1. The van der Waals surface area contributed by atoms with Crippen LogP contribution in [0, 0.1) is 4.77 Å². The number of methoxy groups -OCH3 is 1. The summed E-state index contributed by atoms with van der Waals surface area (Å²) in [6.07, 6.45) is 0. The van der Waals surface area contributed by atoms with Gasteiger partial charge < -0.3 is 9.72 Å². The fraction of sp³-hybridized carbons (Fsp3) is 0.455. The van der Waals surface area contributed by atoms with Gasteiger partial charge in [0, 0.05) is 7.11 Å². The third-order valence-electron chi connectivity index (χ3n) is 2.61. The fourth-order valence-electron chi connectivity index (χ4n) is 1.91. The molecular formula is C11H14N2O2S2. The van der Waals surface area contributed by atoms with Crippen LogP contribution in [0.5, 0.6) is 0 Å². The van der Waals surface area contributed by atoms with E-state index in [-0.39, 0.29) is 5.56 Å². The number of hydrogen-bond donors (Lipinski definition) is 1. The standard InChI is InChI=1S/C11H14N2O2S2/c1-11(2,6-15-3)13-9(14)8-7(4-5-17-8)12-10(13)16/h4-5H,6H2,1-3H3,(H,12,16). The Bertz CT molecular complexity index is 651. The Labute approximate surface area is 108 Å². The van der Waals surface area contributed by atoms with Crippen LogP contribution in [0.1, 0.15) is 13.8 Å². The minimum atomic E-state index is -0.461. The number of hydrogen-bond acceptors (Lipinski definition) is 4. The van der Waals surface area contributed by atoms with E-state index < -0.39 is 5.54 Å². The van der Waals surface area contributed by atoms with Crippen LogP contribution in [0.15, 0.2) is 16.2 Å². The molecule has 4 nitrogen and oxygen atoms in total. The van der Waals surface area contributed by atoms with Crippen molar-refractivity contribution in [2.75, 3.05) is 13.7 Å². The lowest BCUT2D eigenvalue weighted by Gasteiger charge is -2.26. The summed E-state index contributed by atoms with van der Waals surface area (Å²) in [6, 6.07) is 1.87. The Balaban J connectivity index is 2.77. The van der Waals surface area contributed by atoms with E-state index in [1.54, 1.807) is 11.7 Å². The fourth-order valence-corrected chi connectivity index (χ4v) is 3.12. The molecule has 2 heterocycles. The largest absolute Gasteiger partial charge is 0.382 e. The summed E-state index contributed by atoms with van der Waals surface area (Å²) in [6.45, 7) is 4.29. The highest BCUT2D eigenvalue weighted by molar-refractivity contribution is 7.71. The molecule has 0 aliphatic rings. The highest BCUT2D eigenvalue weighted by atomic mass is 32.1. The first-order chi connectivity index (χ1) is 7.97. The number of H-pyrrole nitrogens is 1. The molecule has 0 bridgehead atoms. The van der Waals surface area contributed by atoms with E-state index in [0.717, 1.165) is 5.52 Å². The first-order valence-electron chi connectivity index (χ1n) is 5.19. The molecule has 17 heavy (non-hydrogen) atoms. The second-order valence-electron chi connectivity index (χ2n) is 4.48. The number of nitrogens with zero attached hydrogens (tertiary/aromatic N) is 1. The van der Waals surface area contributed by atoms with Crippen LogP contribution >= 0.6 is 23.6 Å². The first-order valence-corrected chi connectivity index (χ1v) is 6.48. The molecular weight excluding hydrogens is 256 g/mol. The van der Waals surface area contributed by atoms with Crippen molar-refractivity contribution >= 4 is 33.8 Å². The van der Waals surface area contributed by atoms with Crippen LogP contribution in [0.3, 0.4) is 0 Å². The molecule has 0 saturated heterocycles. The first kappa shape index (κ1) is 12.5. The predicted octanol–water partition coefficient (Wildman–Crippen LogP) is 2.50. The van der Waals surface area contributed by atoms with Crippen LogP contribution in [0.25, 0.3) is 10.2 Å². The summed E-state index contributed by atoms with van der Waals surface area (Å²) >= 11 is 6.67. The van der Waals surface area contributed by atoms with E-state index in [1.165, 1.54) is 11.3 Å². The molecule has 2 aromatic rings. The van der Waals surface area contributed by atoms with Crippen molar-refractivity contribution in [1.82, 2.24) is 9.55 Å². The number of thiophene rings is 1. The Morgan fingerprint density at radius 2 is 2.29 bits per heavy atom. The van der Waals surface area contributed by atoms with Crippen LogP contribution in [-0.2, 0) is 10.3 Å². The monoisotopic (exact) mass is 270 g/mol. The summed E-state index contributed by atoms with van der Waals surface area (Å²) < 4.78 is 7.87. The van der Waals surface area contributed by atoms with Crippen LogP contribution in [-0.4, -0.2) is 23.3 Å². The zero-order valence-corrected chi connectivity index (χ0v) is 11.6. The average molecular weight is 270 g/mol. The molecule has 0 radical (unpaired) electrons. The second kappa shape index (κ2) is 4.36. The van der Waals surface area contributed by atoms with E-state index in [4.69, 9.17) is 17.0 Å². The molecule has 0 aliphatic carbocycles. The number of fused-ring (bicyclic) bond motifs is 1. The molecule has 0 fully saturated rings. The summed E-state index contributed by atoms with van der Waals surface area (Å²) in [5.74, 6) is 0. The van der Waals surface area contributed by atoms with Gasteiger partial charge in [-0.15, -0.1) is 11.3 Å². The maximum atomic E-state index is 12.4. The van der Waals surface area contributed by atoms with Gasteiger partial charge in [0.15, 0.2) is 4.77 Å². The molecule has 0 atom stereocenters. The van der Waals surface area contributed by atoms with Gasteiger partial charge >= 0.3 is 0 Å². The Morgan fingerprint density at radius 3 is 2.94 bits per heavy atom. The SMILES string of the molecule is COCC(C)(C)n1c(=S)[nH]c2ccsc2c1=O. The lowest BCUT2D eigenvalue weighted by Crippen LogP contribution is -2.40. The van der Waals surface area contributed by atoms with Crippen molar-refractivity contribution in [1.29, 1.82) is 0 Å². The average Bonchev–Trinajstić information content (AvgIpc) is 2.64. The molecule has 0 amide bonds. The molecule has 0 aliphatic heterocycles. The third kappa shape index (κ3) is 2.08. The predicted molar refractivity (Wildman–Crippen MR) is 72.5 cm³/mol. The van der Waals surface area contributed by atoms with Gasteiger partial charge in [0.25, 0.3) is 5.56 Å². The quantitative estimate of drug-likeness (QED) is 0.872. The van der Waals surface area contributed by atoms with Gasteiger partial charge in [-0.2, -0.15) is 0 Å². The summed E-state index contributed by atoms with van der Waals surface area (Å²) in [5.41, 5.74) is 0.285. The molecule has 0 saturated carbocycles.